The van der Waals surface area contributed by atoms with E-state index in [0.717, 1.165) is 23.0 Å². The summed E-state index contributed by atoms with van der Waals surface area (Å²) in [5, 5.41) is 3.87. The predicted molar refractivity (Wildman–Crippen MR) is 52.1 cm³/mol. The van der Waals surface area contributed by atoms with Crippen LogP contribution in [0.25, 0.3) is 11.0 Å². The van der Waals surface area contributed by atoms with Crippen LogP contribution in [-0.4, -0.2) is 22.4 Å². The van der Waals surface area contributed by atoms with Gasteiger partial charge in [0.1, 0.15) is 11.3 Å². The zero-order valence-electron chi connectivity index (χ0n) is 7.50. The molecule has 4 nitrogen and oxygen atoms in total. The third-order valence-electron chi connectivity index (χ3n) is 2.57. The van der Waals surface area contributed by atoms with E-state index in [4.69, 9.17) is 0 Å². The summed E-state index contributed by atoms with van der Waals surface area (Å²) < 4.78 is 0. The Labute approximate surface area is 80.3 Å². The molecule has 2 aromatic heterocycles. The Kier molecular flexibility index (Phi) is 1.39. The van der Waals surface area contributed by atoms with E-state index in [2.05, 4.69) is 15.3 Å². The molecule has 0 fully saturated rings. The van der Waals surface area contributed by atoms with Crippen LogP contribution in [-0.2, 0) is 6.42 Å². The first-order valence-corrected chi connectivity index (χ1v) is 4.60. The summed E-state index contributed by atoms with van der Waals surface area (Å²) in [7, 11) is 0. The number of rotatable bonds is 0. The summed E-state index contributed by atoms with van der Waals surface area (Å²) in [6, 6.07) is 3.89. The number of hydrogen-bond donors (Lipinski definition) is 2. The second-order valence-electron chi connectivity index (χ2n) is 3.38. The minimum atomic E-state index is -0.0238. The fraction of sp³-hybridized carbons (Fsp3) is 0.200. The van der Waals surface area contributed by atoms with E-state index in [1.807, 2.05) is 12.1 Å². The first-order chi connectivity index (χ1) is 6.86. The van der Waals surface area contributed by atoms with Gasteiger partial charge in [-0.25, -0.2) is 4.98 Å². The van der Waals surface area contributed by atoms with Crippen molar-refractivity contribution in [1.82, 2.24) is 15.3 Å². The van der Waals surface area contributed by atoms with Gasteiger partial charge in [0.15, 0.2) is 0 Å². The van der Waals surface area contributed by atoms with Crippen LogP contribution in [0.5, 0.6) is 0 Å². The van der Waals surface area contributed by atoms with Gasteiger partial charge in [-0.2, -0.15) is 0 Å². The molecule has 0 saturated heterocycles. The minimum absolute atomic E-state index is 0.0238. The normalized spacial score (nSPS) is 15.3. The van der Waals surface area contributed by atoms with E-state index < -0.39 is 0 Å². The van der Waals surface area contributed by atoms with E-state index in [1.165, 1.54) is 0 Å². The molecule has 0 aliphatic carbocycles. The SMILES string of the molecule is O=C1NCCc2c1[nH]c1ncccc21. The van der Waals surface area contributed by atoms with Gasteiger partial charge in [-0.1, -0.05) is 0 Å². The van der Waals surface area contributed by atoms with Crippen molar-refractivity contribution >= 4 is 16.9 Å². The highest BCUT2D eigenvalue weighted by atomic mass is 16.1. The first kappa shape index (κ1) is 7.55. The molecule has 0 unspecified atom stereocenters. The maximum Gasteiger partial charge on any atom is 0.268 e. The van der Waals surface area contributed by atoms with E-state index in [9.17, 15) is 4.79 Å². The summed E-state index contributed by atoms with van der Waals surface area (Å²) in [5.74, 6) is -0.0238. The first-order valence-electron chi connectivity index (χ1n) is 4.60. The highest BCUT2D eigenvalue weighted by molar-refractivity contribution is 6.01. The molecular formula is C10H9N3O. The number of aromatic amines is 1. The summed E-state index contributed by atoms with van der Waals surface area (Å²) in [6.45, 7) is 0.716. The van der Waals surface area contributed by atoms with Gasteiger partial charge in [0.2, 0.25) is 0 Å². The van der Waals surface area contributed by atoms with Crippen LogP contribution in [0.1, 0.15) is 16.1 Å². The lowest BCUT2D eigenvalue weighted by molar-refractivity contribution is 0.0942. The van der Waals surface area contributed by atoms with Crippen molar-refractivity contribution in [1.29, 1.82) is 0 Å². The predicted octanol–water partition coefficient (Wildman–Crippen LogP) is 0.849. The molecule has 2 N–H and O–H groups in total. The van der Waals surface area contributed by atoms with Crippen molar-refractivity contribution in [3.05, 3.63) is 29.6 Å². The lowest BCUT2D eigenvalue weighted by Crippen LogP contribution is -2.31. The van der Waals surface area contributed by atoms with Gasteiger partial charge in [-0.3, -0.25) is 4.79 Å². The van der Waals surface area contributed by atoms with Gasteiger partial charge in [0.05, 0.1) is 0 Å². The number of aromatic nitrogens is 2. The lowest BCUT2D eigenvalue weighted by Gasteiger charge is -2.11. The molecule has 3 rings (SSSR count). The summed E-state index contributed by atoms with van der Waals surface area (Å²) in [5.41, 5.74) is 2.57. The molecule has 1 aliphatic rings. The zero-order valence-corrected chi connectivity index (χ0v) is 7.50. The molecule has 70 valence electrons. The van der Waals surface area contributed by atoms with E-state index in [0.29, 0.717) is 12.2 Å². The monoisotopic (exact) mass is 187 g/mol. The number of carbonyl (C=O) groups is 1. The van der Waals surface area contributed by atoms with Crippen LogP contribution in [0.3, 0.4) is 0 Å². The van der Waals surface area contributed by atoms with Gasteiger partial charge in [0.25, 0.3) is 5.91 Å². The summed E-state index contributed by atoms with van der Waals surface area (Å²) >= 11 is 0. The molecule has 0 spiro atoms. The molecule has 0 radical (unpaired) electrons. The van der Waals surface area contributed by atoms with Gasteiger partial charge in [0, 0.05) is 18.1 Å². The van der Waals surface area contributed by atoms with Crippen molar-refractivity contribution in [2.24, 2.45) is 0 Å². The molecule has 0 atom stereocenters. The molecule has 0 aromatic carbocycles. The van der Waals surface area contributed by atoms with Gasteiger partial charge in [-0.15, -0.1) is 0 Å². The van der Waals surface area contributed by atoms with Crippen molar-refractivity contribution in [2.45, 2.75) is 6.42 Å². The minimum Gasteiger partial charge on any atom is -0.350 e. The molecule has 0 saturated carbocycles. The van der Waals surface area contributed by atoms with Crippen molar-refractivity contribution in [2.75, 3.05) is 6.54 Å². The number of carbonyl (C=O) groups excluding carboxylic acids is 1. The van der Waals surface area contributed by atoms with E-state index >= 15 is 0 Å². The number of pyridine rings is 1. The van der Waals surface area contributed by atoms with Crippen molar-refractivity contribution in [3.63, 3.8) is 0 Å². The van der Waals surface area contributed by atoms with Crippen molar-refractivity contribution < 1.29 is 4.79 Å². The zero-order chi connectivity index (χ0) is 9.54. The van der Waals surface area contributed by atoms with Crippen LogP contribution in [0.4, 0.5) is 0 Å². The highest BCUT2D eigenvalue weighted by Crippen LogP contribution is 2.22. The molecule has 1 aliphatic heterocycles. The van der Waals surface area contributed by atoms with Crippen LogP contribution < -0.4 is 5.32 Å². The smallest absolute Gasteiger partial charge is 0.268 e. The Morgan fingerprint density at radius 1 is 1.43 bits per heavy atom. The average molecular weight is 187 g/mol. The third-order valence-corrected chi connectivity index (χ3v) is 2.57. The van der Waals surface area contributed by atoms with Crippen LogP contribution in [0.15, 0.2) is 18.3 Å². The molecular weight excluding hydrogens is 178 g/mol. The third kappa shape index (κ3) is 0.878. The molecule has 2 aromatic rings. The fourth-order valence-electron chi connectivity index (χ4n) is 1.92. The number of nitrogens with zero attached hydrogens (tertiary/aromatic N) is 1. The Hall–Kier alpha value is -1.84. The quantitative estimate of drug-likeness (QED) is 0.642. The topological polar surface area (TPSA) is 57.8 Å². The van der Waals surface area contributed by atoms with Gasteiger partial charge >= 0.3 is 0 Å². The fourth-order valence-corrected chi connectivity index (χ4v) is 1.92. The Balaban J connectivity index is 2.38. The van der Waals surface area contributed by atoms with E-state index in [-0.39, 0.29) is 5.91 Å². The Bertz CT molecular complexity index is 515. The number of nitrogens with one attached hydrogen (secondary N) is 2. The molecule has 1 amide bonds. The average Bonchev–Trinajstić information content (AvgIpc) is 2.59. The molecule has 14 heavy (non-hydrogen) atoms. The maximum atomic E-state index is 11.5. The molecule has 0 bridgehead atoms. The van der Waals surface area contributed by atoms with Gasteiger partial charge < -0.3 is 10.3 Å². The Morgan fingerprint density at radius 2 is 2.36 bits per heavy atom. The largest absolute Gasteiger partial charge is 0.350 e. The van der Waals surface area contributed by atoms with E-state index in [1.54, 1.807) is 6.20 Å². The van der Waals surface area contributed by atoms with Crippen LogP contribution in [0, 0.1) is 0 Å². The summed E-state index contributed by atoms with van der Waals surface area (Å²) in [6.07, 6.45) is 2.61. The summed E-state index contributed by atoms with van der Waals surface area (Å²) in [4.78, 5) is 18.7. The van der Waals surface area contributed by atoms with Crippen LogP contribution in [0.2, 0.25) is 0 Å². The van der Waals surface area contributed by atoms with Crippen molar-refractivity contribution in [3.8, 4) is 0 Å². The highest BCUT2D eigenvalue weighted by Gasteiger charge is 2.21. The second kappa shape index (κ2) is 2.57. The van der Waals surface area contributed by atoms with Gasteiger partial charge in [-0.05, 0) is 24.1 Å². The number of hydrogen-bond acceptors (Lipinski definition) is 2. The number of H-pyrrole nitrogens is 1. The number of amides is 1. The molecule has 3 heterocycles. The number of fused-ring (bicyclic) bond motifs is 3. The van der Waals surface area contributed by atoms with Crippen LogP contribution >= 0.6 is 0 Å². The lowest BCUT2D eigenvalue weighted by atomic mass is 10.1. The maximum absolute atomic E-state index is 11.5. The second-order valence-corrected chi connectivity index (χ2v) is 3.38. The standard InChI is InChI=1S/C10H9N3O/c14-10-8-6(3-5-12-10)7-2-1-4-11-9(7)13-8/h1-2,4H,3,5H2,(H,11,13)(H,12,14). The Morgan fingerprint density at radius 3 is 3.29 bits per heavy atom. The molecule has 4 heteroatoms.